The number of piperidine rings is 1. The van der Waals surface area contributed by atoms with E-state index < -0.39 is 0 Å². The van der Waals surface area contributed by atoms with Crippen LogP contribution < -0.4 is 0 Å². The minimum absolute atomic E-state index is 0.222. The molecule has 0 radical (unpaired) electrons. The van der Waals surface area contributed by atoms with Crippen LogP contribution in [-0.4, -0.2) is 67.2 Å². The highest BCUT2D eigenvalue weighted by molar-refractivity contribution is 6.18. The van der Waals surface area contributed by atoms with Crippen LogP contribution in [0.4, 0.5) is 0 Å². The van der Waals surface area contributed by atoms with Gasteiger partial charge in [0.15, 0.2) is 0 Å². The maximum absolute atomic E-state index is 5.92. The maximum atomic E-state index is 5.92. The van der Waals surface area contributed by atoms with E-state index in [9.17, 15) is 0 Å². The first kappa shape index (κ1) is 14.6. The van der Waals surface area contributed by atoms with Gasteiger partial charge in [0.25, 0.3) is 0 Å². The molecule has 18 heavy (non-hydrogen) atoms. The lowest BCUT2D eigenvalue weighted by molar-refractivity contribution is -0.0680. The van der Waals surface area contributed by atoms with Crippen molar-refractivity contribution in [1.82, 2.24) is 9.80 Å². The van der Waals surface area contributed by atoms with Gasteiger partial charge in [0.05, 0.1) is 12.2 Å². The topological polar surface area (TPSA) is 15.7 Å². The van der Waals surface area contributed by atoms with Gasteiger partial charge < -0.3 is 9.64 Å². The molecular weight excluding hydrogens is 248 g/mol. The van der Waals surface area contributed by atoms with Crippen molar-refractivity contribution < 1.29 is 4.74 Å². The smallest absolute Gasteiger partial charge is 0.0841 e. The molecule has 0 spiro atoms. The van der Waals surface area contributed by atoms with Crippen LogP contribution in [0.15, 0.2) is 0 Å². The van der Waals surface area contributed by atoms with E-state index in [1.165, 1.54) is 38.8 Å². The second-order valence-corrected chi connectivity index (χ2v) is 6.21. The number of rotatable bonds is 4. The zero-order valence-electron chi connectivity index (χ0n) is 11.8. The van der Waals surface area contributed by atoms with E-state index in [1.807, 2.05) is 0 Å². The molecule has 2 aliphatic rings. The molecule has 0 aromatic rings. The molecule has 2 aliphatic heterocycles. The lowest BCUT2D eigenvalue weighted by Gasteiger charge is -2.38. The fourth-order valence-corrected chi connectivity index (χ4v) is 3.42. The summed E-state index contributed by atoms with van der Waals surface area (Å²) in [5.41, 5.74) is 0. The van der Waals surface area contributed by atoms with E-state index in [0.29, 0.717) is 12.0 Å². The average molecular weight is 275 g/mol. The van der Waals surface area contributed by atoms with Crippen molar-refractivity contribution in [3.8, 4) is 0 Å². The van der Waals surface area contributed by atoms with Gasteiger partial charge in [0.2, 0.25) is 0 Å². The normalized spacial score (nSPS) is 35.8. The Balaban J connectivity index is 1.74. The van der Waals surface area contributed by atoms with Gasteiger partial charge in [-0.25, -0.2) is 0 Å². The third-order valence-electron chi connectivity index (χ3n) is 4.27. The molecule has 0 saturated carbocycles. The van der Waals surface area contributed by atoms with Gasteiger partial charge in [0.1, 0.15) is 0 Å². The molecule has 3 unspecified atom stereocenters. The Kier molecular flexibility index (Phi) is 5.74. The SMILES string of the molecule is CC1CN(CCC2CCCCN2C)CC(CCl)O1. The fraction of sp³-hybridized carbons (Fsp3) is 1.00. The number of likely N-dealkylation sites (tertiary alicyclic amines) is 1. The first-order valence-electron chi connectivity index (χ1n) is 7.33. The number of halogens is 1. The van der Waals surface area contributed by atoms with Crippen molar-refractivity contribution in [2.75, 3.05) is 39.1 Å². The van der Waals surface area contributed by atoms with Crippen molar-refractivity contribution in [3.63, 3.8) is 0 Å². The Hall–Kier alpha value is 0.170. The van der Waals surface area contributed by atoms with Crippen LogP contribution in [0.3, 0.4) is 0 Å². The molecule has 3 nitrogen and oxygen atoms in total. The lowest BCUT2D eigenvalue weighted by Crippen LogP contribution is -2.48. The van der Waals surface area contributed by atoms with Crippen LogP contribution >= 0.6 is 11.6 Å². The number of nitrogens with zero attached hydrogens (tertiary/aromatic N) is 2. The number of ether oxygens (including phenoxy) is 1. The molecular formula is C14H27ClN2O. The monoisotopic (exact) mass is 274 g/mol. The molecule has 2 saturated heterocycles. The average Bonchev–Trinajstić information content (AvgIpc) is 2.37. The summed E-state index contributed by atoms with van der Waals surface area (Å²) >= 11 is 5.92. The lowest BCUT2D eigenvalue weighted by atomic mass is 10.00. The van der Waals surface area contributed by atoms with E-state index in [0.717, 1.165) is 19.1 Å². The first-order valence-corrected chi connectivity index (χ1v) is 7.86. The molecule has 106 valence electrons. The second kappa shape index (κ2) is 7.09. The van der Waals surface area contributed by atoms with Crippen LogP contribution in [0.2, 0.25) is 0 Å². The Morgan fingerprint density at radius 3 is 2.83 bits per heavy atom. The van der Waals surface area contributed by atoms with Gasteiger partial charge in [-0.05, 0) is 46.3 Å². The summed E-state index contributed by atoms with van der Waals surface area (Å²) in [6.07, 6.45) is 5.98. The highest BCUT2D eigenvalue weighted by Gasteiger charge is 2.26. The summed E-state index contributed by atoms with van der Waals surface area (Å²) in [5.74, 6) is 0.615. The molecule has 2 fully saturated rings. The number of morpholine rings is 1. The van der Waals surface area contributed by atoms with Gasteiger partial charge in [-0.3, -0.25) is 4.90 Å². The van der Waals surface area contributed by atoms with Crippen LogP contribution in [0.1, 0.15) is 32.6 Å². The summed E-state index contributed by atoms with van der Waals surface area (Å²) in [4.78, 5) is 5.07. The third-order valence-corrected chi connectivity index (χ3v) is 4.62. The van der Waals surface area contributed by atoms with Crippen LogP contribution in [0.5, 0.6) is 0 Å². The van der Waals surface area contributed by atoms with E-state index in [-0.39, 0.29) is 6.10 Å². The summed E-state index contributed by atoms with van der Waals surface area (Å²) < 4.78 is 5.79. The minimum atomic E-state index is 0.222. The second-order valence-electron chi connectivity index (χ2n) is 5.90. The van der Waals surface area contributed by atoms with Crippen molar-refractivity contribution in [2.45, 2.75) is 50.9 Å². The first-order chi connectivity index (χ1) is 8.69. The molecule has 0 bridgehead atoms. The molecule has 2 heterocycles. The number of hydrogen-bond donors (Lipinski definition) is 0. The van der Waals surface area contributed by atoms with Crippen molar-refractivity contribution >= 4 is 11.6 Å². The Morgan fingerprint density at radius 2 is 2.11 bits per heavy atom. The van der Waals surface area contributed by atoms with E-state index in [2.05, 4.69) is 23.8 Å². The summed E-state index contributed by atoms with van der Waals surface area (Å²) in [6.45, 7) is 6.68. The van der Waals surface area contributed by atoms with Gasteiger partial charge >= 0.3 is 0 Å². The quantitative estimate of drug-likeness (QED) is 0.731. The van der Waals surface area contributed by atoms with E-state index in [4.69, 9.17) is 16.3 Å². The molecule has 3 atom stereocenters. The molecule has 4 heteroatoms. The Labute approximate surface area is 116 Å². The molecule has 0 amide bonds. The fourth-order valence-electron chi connectivity index (χ4n) is 3.25. The summed E-state index contributed by atoms with van der Waals surface area (Å²) in [6, 6.07) is 0.784. The zero-order valence-corrected chi connectivity index (χ0v) is 12.5. The van der Waals surface area contributed by atoms with Gasteiger partial charge in [0, 0.05) is 25.0 Å². The molecule has 0 aromatic carbocycles. The van der Waals surface area contributed by atoms with Crippen LogP contribution in [0, 0.1) is 0 Å². The Morgan fingerprint density at radius 1 is 1.28 bits per heavy atom. The predicted molar refractivity (Wildman–Crippen MR) is 76.4 cm³/mol. The molecule has 2 rings (SSSR count). The van der Waals surface area contributed by atoms with Crippen molar-refractivity contribution in [3.05, 3.63) is 0 Å². The van der Waals surface area contributed by atoms with E-state index >= 15 is 0 Å². The van der Waals surface area contributed by atoms with Crippen LogP contribution in [0.25, 0.3) is 0 Å². The largest absolute Gasteiger partial charge is 0.371 e. The van der Waals surface area contributed by atoms with Crippen molar-refractivity contribution in [1.29, 1.82) is 0 Å². The van der Waals surface area contributed by atoms with Gasteiger partial charge in [-0.15, -0.1) is 11.6 Å². The number of alkyl halides is 1. The summed E-state index contributed by atoms with van der Waals surface area (Å²) in [7, 11) is 2.27. The summed E-state index contributed by atoms with van der Waals surface area (Å²) in [5, 5.41) is 0. The molecule has 0 aromatic heterocycles. The molecule has 0 N–H and O–H groups in total. The Bertz CT molecular complexity index is 252. The predicted octanol–water partition coefficient (Wildman–Crippen LogP) is 2.19. The van der Waals surface area contributed by atoms with Gasteiger partial charge in [-0.1, -0.05) is 6.42 Å². The highest BCUT2D eigenvalue weighted by atomic mass is 35.5. The third kappa shape index (κ3) is 4.09. The van der Waals surface area contributed by atoms with Gasteiger partial charge in [-0.2, -0.15) is 0 Å². The highest BCUT2D eigenvalue weighted by Crippen LogP contribution is 2.19. The maximum Gasteiger partial charge on any atom is 0.0841 e. The molecule has 0 aliphatic carbocycles. The minimum Gasteiger partial charge on any atom is -0.371 e. The zero-order chi connectivity index (χ0) is 13.0. The van der Waals surface area contributed by atoms with Crippen molar-refractivity contribution in [2.24, 2.45) is 0 Å². The van der Waals surface area contributed by atoms with Crippen LogP contribution in [-0.2, 0) is 4.74 Å². The standard InChI is InChI=1S/C14H27ClN2O/c1-12-10-17(11-14(9-15)18-12)8-6-13-5-3-4-7-16(13)2/h12-14H,3-11H2,1-2H3. The number of hydrogen-bond acceptors (Lipinski definition) is 3. The van der Waals surface area contributed by atoms with E-state index in [1.54, 1.807) is 0 Å².